The van der Waals surface area contributed by atoms with Gasteiger partial charge in [-0.15, -0.1) is 0 Å². The minimum absolute atomic E-state index is 0.127. The van der Waals surface area contributed by atoms with Crippen molar-refractivity contribution in [2.75, 3.05) is 13.1 Å². The van der Waals surface area contributed by atoms with E-state index in [1.165, 1.54) is 4.90 Å². The molecule has 1 aliphatic rings. The number of nitrogens with two attached hydrogens (primary N) is 1. The van der Waals surface area contributed by atoms with Gasteiger partial charge in [0.2, 0.25) is 10.0 Å². The quantitative estimate of drug-likeness (QED) is 0.898. The van der Waals surface area contributed by atoms with E-state index in [1.54, 1.807) is 18.2 Å². The van der Waals surface area contributed by atoms with Crippen LogP contribution in [0.2, 0.25) is 5.02 Å². The van der Waals surface area contributed by atoms with Gasteiger partial charge in [0, 0.05) is 13.1 Å². The molecule has 1 fully saturated rings. The number of amides is 1. The Labute approximate surface area is 123 Å². The van der Waals surface area contributed by atoms with Crippen LogP contribution in [0.15, 0.2) is 18.2 Å². The average Bonchev–Trinajstić information content (AvgIpc) is 2.37. The molecule has 1 unspecified atom stereocenters. The first-order valence-electron chi connectivity index (χ1n) is 6.36. The van der Waals surface area contributed by atoms with Crippen LogP contribution in [0.25, 0.3) is 0 Å². The zero-order valence-electron chi connectivity index (χ0n) is 11.2. The zero-order chi connectivity index (χ0) is 14.9. The van der Waals surface area contributed by atoms with E-state index < -0.39 is 15.3 Å². The van der Waals surface area contributed by atoms with E-state index >= 15 is 0 Å². The Hall–Kier alpha value is -1.11. The number of nitrogens with zero attached hydrogens (tertiary/aromatic N) is 1. The smallest absolute Gasteiger partial charge is 0.255 e. The highest BCUT2D eigenvalue weighted by Crippen LogP contribution is 2.22. The summed E-state index contributed by atoms with van der Waals surface area (Å²) >= 11 is 6.08. The van der Waals surface area contributed by atoms with Crippen molar-refractivity contribution >= 4 is 27.5 Å². The normalized spacial score (nSPS) is 19.9. The molecule has 1 amide bonds. The number of primary sulfonamides is 1. The molecule has 7 heteroatoms. The largest absolute Gasteiger partial charge is 0.337 e. The van der Waals surface area contributed by atoms with Gasteiger partial charge in [-0.2, -0.15) is 0 Å². The second-order valence-electron chi connectivity index (χ2n) is 5.09. The van der Waals surface area contributed by atoms with Crippen molar-refractivity contribution in [3.05, 3.63) is 34.3 Å². The third-order valence-corrected chi connectivity index (χ3v) is 5.11. The maximum Gasteiger partial charge on any atom is 0.255 e. The first-order valence-corrected chi connectivity index (χ1v) is 8.35. The van der Waals surface area contributed by atoms with Gasteiger partial charge < -0.3 is 4.90 Å². The summed E-state index contributed by atoms with van der Waals surface area (Å²) in [6, 6.07) is 5.19. The highest BCUT2D eigenvalue weighted by molar-refractivity contribution is 7.89. The standard InChI is InChI=1S/C13H17ClN2O3S/c1-9-4-5-11(12(14)7-9)13(17)16-6-2-3-10(8-16)20(15,18)19/h4-5,7,10H,2-3,6,8H2,1H3,(H2,15,18,19). The van der Waals surface area contributed by atoms with Crippen LogP contribution in [0, 0.1) is 6.92 Å². The fourth-order valence-electron chi connectivity index (χ4n) is 2.35. The third-order valence-electron chi connectivity index (χ3n) is 3.48. The van der Waals surface area contributed by atoms with Crippen LogP contribution in [-0.2, 0) is 10.0 Å². The molecular formula is C13H17ClN2O3S. The Balaban J connectivity index is 2.21. The summed E-state index contributed by atoms with van der Waals surface area (Å²) in [7, 11) is -3.62. The average molecular weight is 317 g/mol. The fraction of sp³-hybridized carbons (Fsp3) is 0.462. The molecule has 2 rings (SSSR count). The molecule has 0 bridgehead atoms. The second-order valence-corrected chi connectivity index (χ2v) is 7.34. The van der Waals surface area contributed by atoms with Crippen LogP contribution in [0.4, 0.5) is 0 Å². The SMILES string of the molecule is Cc1ccc(C(=O)N2CCCC(S(N)(=O)=O)C2)c(Cl)c1. The molecule has 2 N–H and O–H groups in total. The lowest BCUT2D eigenvalue weighted by Crippen LogP contribution is -2.47. The molecule has 0 saturated carbocycles. The first-order chi connectivity index (χ1) is 9.29. The van der Waals surface area contributed by atoms with Crippen molar-refractivity contribution in [3.63, 3.8) is 0 Å². The van der Waals surface area contributed by atoms with Gasteiger partial charge in [0.15, 0.2) is 0 Å². The molecule has 1 atom stereocenters. The van der Waals surface area contributed by atoms with E-state index in [2.05, 4.69) is 0 Å². The Morgan fingerprint density at radius 3 is 2.75 bits per heavy atom. The van der Waals surface area contributed by atoms with Crippen molar-refractivity contribution in [3.8, 4) is 0 Å². The minimum atomic E-state index is -3.62. The number of likely N-dealkylation sites (tertiary alicyclic amines) is 1. The Morgan fingerprint density at radius 2 is 2.15 bits per heavy atom. The minimum Gasteiger partial charge on any atom is -0.337 e. The van der Waals surface area contributed by atoms with Gasteiger partial charge in [-0.05, 0) is 37.5 Å². The lowest BCUT2D eigenvalue weighted by Gasteiger charge is -2.31. The summed E-state index contributed by atoms with van der Waals surface area (Å²) in [5.41, 5.74) is 1.36. The Bertz CT molecular complexity index is 631. The van der Waals surface area contributed by atoms with E-state index in [4.69, 9.17) is 16.7 Å². The number of carbonyl (C=O) groups is 1. The molecule has 1 heterocycles. The molecule has 1 aliphatic heterocycles. The van der Waals surface area contributed by atoms with Gasteiger partial charge in [-0.3, -0.25) is 4.79 Å². The van der Waals surface area contributed by atoms with Crippen LogP contribution in [0.1, 0.15) is 28.8 Å². The first kappa shape index (κ1) is 15.3. The number of rotatable bonds is 2. The number of carbonyl (C=O) groups excluding carboxylic acids is 1. The number of benzene rings is 1. The predicted octanol–water partition coefficient (Wildman–Crippen LogP) is 1.54. The van der Waals surface area contributed by atoms with Crippen LogP contribution < -0.4 is 5.14 Å². The van der Waals surface area contributed by atoms with Crippen LogP contribution in [-0.4, -0.2) is 37.6 Å². The van der Waals surface area contributed by atoms with Crippen molar-refractivity contribution in [1.82, 2.24) is 4.90 Å². The molecule has 1 saturated heterocycles. The van der Waals surface area contributed by atoms with Gasteiger partial charge in [0.1, 0.15) is 0 Å². The van der Waals surface area contributed by atoms with Crippen molar-refractivity contribution < 1.29 is 13.2 Å². The fourth-order valence-corrected chi connectivity index (χ4v) is 3.55. The molecule has 1 aromatic carbocycles. The lowest BCUT2D eigenvalue weighted by molar-refractivity contribution is 0.0727. The Morgan fingerprint density at radius 1 is 1.45 bits per heavy atom. The maximum absolute atomic E-state index is 12.4. The monoisotopic (exact) mass is 316 g/mol. The second kappa shape index (κ2) is 5.71. The van der Waals surface area contributed by atoms with Gasteiger partial charge in [0.25, 0.3) is 5.91 Å². The lowest BCUT2D eigenvalue weighted by atomic mass is 10.1. The molecule has 0 spiro atoms. The summed E-state index contributed by atoms with van der Waals surface area (Å²) in [5, 5.41) is 4.86. The molecule has 5 nitrogen and oxygen atoms in total. The summed E-state index contributed by atoms with van der Waals surface area (Å²) < 4.78 is 22.8. The number of sulfonamides is 1. The molecule has 20 heavy (non-hydrogen) atoms. The van der Waals surface area contributed by atoms with E-state index in [0.29, 0.717) is 30.0 Å². The van der Waals surface area contributed by atoms with Gasteiger partial charge >= 0.3 is 0 Å². The third kappa shape index (κ3) is 3.31. The number of hydrogen-bond donors (Lipinski definition) is 1. The van der Waals surface area contributed by atoms with Crippen LogP contribution in [0.5, 0.6) is 0 Å². The molecule has 1 aromatic rings. The summed E-state index contributed by atoms with van der Waals surface area (Å²) in [6.45, 7) is 2.54. The van der Waals surface area contributed by atoms with E-state index in [-0.39, 0.29) is 12.5 Å². The van der Waals surface area contributed by atoms with Crippen LogP contribution in [0.3, 0.4) is 0 Å². The van der Waals surface area contributed by atoms with Crippen molar-refractivity contribution in [2.45, 2.75) is 25.0 Å². The topological polar surface area (TPSA) is 80.5 Å². The molecule has 0 aliphatic carbocycles. The zero-order valence-corrected chi connectivity index (χ0v) is 12.7. The molecular weight excluding hydrogens is 300 g/mol. The number of hydrogen-bond acceptors (Lipinski definition) is 3. The van der Waals surface area contributed by atoms with Gasteiger partial charge in [0.05, 0.1) is 15.8 Å². The van der Waals surface area contributed by atoms with Gasteiger partial charge in [-0.1, -0.05) is 17.7 Å². The van der Waals surface area contributed by atoms with E-state index in [9.17, 15) is 13.2 Å². The summed E-state index contributed by atoms with van der Waals surface area (Å²) in [6.07, 6.45) is 1.11. The van der Waals surface area contributed by atoms with Crippen molar-refractivity contribution in [1.29, 1.82) is 0 Å². The summed E-state index contributed by atoms with van der Waals surface area (Å²) in [5.74, 6) is -0.247. The Kier molecular flexibility index (Phi) is 4.36. The molecule has 0 aromatic heterocycles. The van der Waals surface area contributed by atoms with E-state index in [0.717, 1.165) is 5.56 Å². The van der Waals surface area contributed by atoms with Gasteiger partial charge in [-0.25, -0.2) is 13.6 Å². The number of aryl methyl sites for hydroxylation is 1. The highest BCUT2D eigenvalue weighted by atomic mass is 35.5. The number of halogens is 1. The highest BCUT2D eigenvalue weighted by Gasteiger charge is 2.31. The maximum atomic E-state index is 12.4. The van der Waals surface area contributed by atoms with Crippen LogP contribution >= 0.6 is 11.6 Å². The molecule has 110 valence electrons. The molecule has 0 radical (unpaired) electrons. The predicted molar refractivity (Wildman–Crippen MR) is 78.2 cm³/mol. The summed E-state index contributed by atoms with van der Waals surface area (Å²) in [4.78, 5) is 13.9. The van der Waals surface area contributed by atoms with E-state index in [1.807, 2.05) is 6.92 Å². The van der Waals surface area contributed by atoms with Crippen molar-refractivity contribution in [2.24, 2.45) is 5.14 Å². The number of piperidine rings is 1.